The highest BCUT2D eigenvalue weighted by Crippen LogP contribution is 2.35. The average Bonchev–Trinajstić information content (AvgIpc) is 2.97. The zero-order valence-electron chi connectivity index (χ0n) is 12.8. The summed E-state index contributed by atoms with van der Waals surface area (Å²) in [5.41, 5.74) is 7.44. The fourth-order valence-electron chi connectivity index (χ4n) is 3.20. The molecule has 0 saturated heterocycles. The minimum atomic E-state index is 0.174. The van der Waals surface area contributed by atoms with E-state index in [2.05, 4.69) is 24.1 Å². The van der Waals surface area contributed by atoms with Crippen molar-refractivity contribution in [3.05, 3.63) is 23.8 Å². The first kappa shape index (κ1) is 15.1. The van der Waals surface area contributed by atoms with E-state index in [1.165, 1.54) is 31.2 Å². The molecule has 0 heterocycles. The van der Waals surface area contributed by atoms with Crippen LogP contribution in [-0.4, -0.2) is 38.3 Å². The molecule has 4 nitrogen and oxygen atoms in total. The fraction of sp³-hybridized carbons (Fsp3) is 0.625. The average molecular weight is 278 g/mol. The molecule has 0 spiro atoms. The van der Waals surface area contributed by atoms with Gasteiger partial charge in [0.25, 0.3) is 0 Å². The Kier molecular flexibility index (Phi) is 4.89. The first-order valence-electron chi connectivity index (χ1n) is 7.27. The lowest BCUT2D eigenvalue weighted by Gasteiger charge is -2.38. The largest absolute Gasteiger partial charge is 0.493 e. The molecule has 2 N–H and O–H groups in total. The number of hydrogen-bond acceptors (Lipinski definition) is 4. The molecule has 0 radical (unpaired) electrons. The molecule has 4 heteroatoms. The van der Waals surface area contributed by atoms with Crippen LogP contribution in [0.3, 0.4) is 0 Å². The van der Waals surface area contributed by atoms with Gasteiger partial charge in [-0.1, -0.05) is 18.9 Å². The van der Waals surface area contributed by atoms with Crippen LogP contribution < -0.4 is 15.2 Å². The Hall–Kier alpha value is -1.26. The molecule has 1 saturated carbocycles. The minimum absolute atomic E-state index is 0.174. The fourth-order valence-corrected chi connectivity index (χ4v) is 3.20. The maximum Gasteiger partial charge on any atom is 0.161 e. The molecule has 0 aliphatic heterocycles. The van der Waals surface area contributed by atoms with Gasteiger partial charge in [-0.25, -0.2) is 0 Å². The SMILES string of the molecule is COc1ccc(CN(C)C2(CN)CCCC2)cc1OC. The van der Waals surface area contributed by atoms with Gasteiger partial charge in [-0.2, -0.15) is 0 Å². The van der Waals surface area contributed by atoms with Gasteiger partial charge in [0.15, 0.2) is 11.5 Å². The molecule has 0 unspecified atom stereocenters. The molecule has 0 aromatic heterocycles. The second-order valence-electron chi connectivity index (χ2n) is 5.68. The molecular weight excluding hydrogens is 252 g/mol. The van der Waals surface area contributed by atoms with Crippen molar-refractivity contribution in [2.45, 2.75) is 37.8 Å². The van der Waals surface area contributed by atoms with Gasteiger partial charge in [0, 0.05) is 18.6 Å². The molecule has 2 rings (SSSR count). The first-order valence-corrected chi connectivity index (χ1v) is 7.27. The van der Waals surface area contributed by atoms with E-state index in [4.69, 9.17) is 15.2 Å². The van der Waals surface area contributed by atoms with Crippen molar-refractivity contribution in [1.29, 1.82) is 0 Å². The van der Waals surface area contributed by atoms with E-state index in [1.54, 1.807) is 14.2 Å². The van der Waals surface area contributed by atoms with E-state index in [-0.39, 0.29) is 5.54 Å². The van der Waals surface area contributed by atoms with E-state index in [0.29, 0.717) is 0 Å². The highest BCUT2D eigenvalue weighted by atomic mass is 16.5. The Bertz CT molecular complexity index is 442. The summed E-state index contributed by atoms with van der Waals surface area (Å²) in [5.74, 6) is 1.56. The summed E-state index contributed by atoms with van der Waals surface area (Å²) in [4.78, 5) is 2.40. The number of rotatable bonds is 6. The number of likely N-dealkylation sites (N-methyl/N-ethyl adjacent to an activating group) is 1. The standard InChI is InChI=1S/C16H26N2O2/c1-18(16(12-17)8-4-5-9-16)11-13-6-7-14(19-2)15(10-13)20-3/h6-7,10H,4-5,8-9,11-12,17H2,1-3H3. The third-order valence-corrected chi connectivity index (χ3v) is 4.59. The number of methoxy groups -OCH3 is 2. The van der Waals surface area contributed by atoms with Crippen molar-refractivity contribution in [2.75, 3.05) is 27.8 Å². The molecule has 0 bridgehead atoms. The molecule has 0 atom stereocenters. The normalized spacial score (nSPS) is 17.4. The lowest BCUT2D eigenvalue weighted by molar-refractivity contribution is 0.124. The van der Waals surface area contributed by atoms with Crippen molar-refractivity contribution < 1.29 is 9.47 Å². The Labute approximate surface area is 121 Å². The predicted molar refractivity (Wildman–Crippen MR) is 81.3 cm³/mol. The quantitative estimate of drug-likeness (QED) is 0.868. The molecule has 112 valence electrons. The minimum Gasteiger partial charge on any atom is -0.493 e. The molecule has 1 aromatic carbocycles. The van der Waals surface area contributed by atoms with Crippen LogP contribution in [0.2, 0.25) is 0 Å². The Morgan fingerprint density at radius 2 is 1.80 bits per heavy atom. The van der Waals surface area contributed by atoms with Crippen LogP contribution in [0.15, 0.2) is 18.2 Å². The van der Waals surface area contributed by atoms with Crippen LogP contribution in [0.25, 0.3) is 0 Å². The second-order valence-corrected chi connectivity index (χ2v) is 5.68. The van der Waals surface area contributed by atoms with Gasteiger partial charge in [0.05, 0.1) is 14.2 Å². The number of ether oxygens (including phenoxy) is 2. The second kappa shape index (κ2) is 6.46. The molecular formula is C16H26N2O2. The van der Waals surface area contributed by atoms with E-state index >= 15 is 0 Å². The molecule has 0 amide bonds. The van der Waals surface area contributed by atoms with Crippen LogP contribution in [0.5, 0.6) is 11.5 Å². The highest BCUT2D eigenvalue weighted by Gasteiger charge is 2.36. The van der Waals surface area contributed by atoms with Crippen molar-refractivity contribution in [3.63, 3.8) is 0 Å². The number of nitrogens with two attached hydrogens (primary N) is 1. The summed E-state index contributed by atoms with van der Waals surface area (Å²) in [6.07, 6.45) is 4.97. The van der Waals surface area contributed by atoms with Crippen molar-refractivity contribution in [1.82, 2.24) is 4.90 Å². The Balaban J connectivity index is 2.13. The van der Waals surface area contributed by atoms with Gasteiger partial charge >= 0.3 is 0 Å². The van der Waals surface area contributed by atoms with Crippen LogP contribution in [0.1, 0.15) is 31.2 Å². The summed E-state index contributed by atoms with van der Waals surface area (Å²) in [6.45, 7) is 1.62. The van der Waals surface area contributed by atoms with Gasteiger partial charge in [0.1, 0.15) is 0 Å². The summed E-state index contributed by atoms with van der Waals surface area (Å²) in [7, 11) is 5.50. The monoisotopic (exact) mass is 278 g/mol. The Morgan fingerprint density at radius 3 is 2.35 bits per heavy atom. The molecule has 1 fully saturated rings. The smallest absolute Gasteiger partial charge is 0.161 e. The maximum absolute atomic E-state index is 6.04. The summed E-state index contributed by atoms with van der Waals surface area (Å²) in [6, 6.07) is 6.11. The van der Waals surface area contributed by atoms with Crippen molar-refractivity contribution in [2.24, 2.45) is 5.73 Å². The van der Waals surface area contributed by atoms with Crippen LogP contribution in [0.4, 0.5) is 0 Å². The molecule has 1 aliphatic rings. The van der Waals surface area contributed by atoms with Crippen molar-refractivity contribution >= 4 is 0 Å². The third kappa shape index (κ3) is 2.91. The first-order chi connectivity index (χ1) is 9.65. The molecule has 20 heavy (non-hydrogen) atoms. The lowest BCUT2D eigenvalue weighted by Crippen LogP contribution is -2.49. The highest BCUT2D eigenvalue weighted by molar-refractivity contribution is 5.42. The zero-order valence-corrected chi connectivity index (χ0v) is 12.8. The summed E-state index contributed by atoms with van der Waals surface area (Å²) < 4.78 is 10.6. The lowest BCUT2D eigenvalue weighted by atomic mass is 9.95. The van der Waals surface area contributed by atoms with Gasteiger partial charge in [0.2, 0.25) is 0 Å². The maximum atomic E-state index is 6.04. The van der Waals surface area contributed by atoms with Gasteiger partial charge in [-0.15, -0.1) is 0 Å². The van der Waals surface area contributed by atoms with Crippen LogP contribution in [-0.2, 0) is 6.54 Å². The zero-order chi connectivity index (χ0) is 14.6. The summed E-state index contributed by atoms with van der Waals surface area (Å²) in [5, 5.41) is 0. The van der Waals surface area contributed by atoms with Gasteiger partial charge in [-0.05, 0) is 37.6 Å². The van der Waals surface area contributed by atoms with E-state index < -0.39 is 0 Å². The number of benzene rings is 1. The van der Waals surface area contributed by atoms with E-state index in [1.807, 2.05) is 6.07 Å². The van der Waals surface area contributed by atoms with Gasteiger partial charge in [-0.3, -0.25) is 4.90 Å². The number of hydrogen-bond donors (Lipinski definition) is 1. The van der Waals surface area contributed by atoms with Crippen LogP contribution in [0, 0.1) is 0 Å². The topological polar surface area (TPSA) is 47.7 Å². The molecule has 1 aliphatic carbocycles. The Morgan fingerprint density at radius 1 is 1.15 bits per heavy atom. The van der Waals surface area contributed by atoms with Crippen molar-refractivity contribution in [3.8, 4) is 11.5 Å². The van der Waals surface area contributed by atoms with Crippen LogP contribution >= 0.6 is 0 Å². The molecule has 1 aromatic rings. The predicted octanol–water partition coefficient (Wildman–Crippen LogP) is 2.41. The third-order valence-electron chi connectivity index (χ3n) is 4.59. The van der Waals surface area contributed by atoms with E-state index in [9.17, 15) is 0 Å². The summed E-state index contributed by atoms with van der Waals surface area (Å²) >= 11 is 0. The van der Waals surface area contributed by atoms with Gasteiger partial charge < -0.3 is 15.2 Å². The van der Waals surface area contributed by atoms with E-state index in [0.717, 1.165) is 24.6 Å². The number of nitrogens with zero attached hydrogens (tertiary/aromatic N) is 1.